The zero-order valence-corrected chi connectivity index (χ0v) is 12.3. The van der Waals surface area contributed by atoms with Crippen LogP contribution in [0.4, 0.5) is 0 Å². The first kappa shape index (κ1) is 16.1. The molecule has 0 saturated heterocycles. The van der Waals surface area contributed by atoms with Crippen molar-refractivity contribution in [2.45, 2.75) is 6.42 Å². The van der Waals surface area contributed by atoms with Gasteiger partial charge < -0.3 is 14.9 Å². The minimum atomic E-state index is -0.726. The molecule has 0 radical (unpaired) electrons. The Morgan fingerprint density at radius 1 is 1.13 bits per heavy atom. The number of benzene rings is 2. The Balaban J connectivity index is 1.99. The molecule has 0 spiro atoms. The van der Waals surface area contributed by atoms with Crippen molar-refractivity contribution >= 4 is 12.0 Å². The van der Waals surface area contributed by atoms with Gasteiger partial charge in [0.1, 0.15) is 11.6 Å². The highest BCUT2D eigenvalue weighted by molar-refractivity contribution is 5.97. The lowest BCUT2D eigenvalue weighted by Gasteiger charge is -2.04. The molecule has 5 nitrogen and oxygen atoms in total. The summed E-state index contributed by atoms with van der Waals surface area (Å²) in [5, 5.41) is 27.7. The molecule has 0 aromatic heterocycles. The summed E-state index contributed by atoms with van der Waals surface area (Å²) >= 11 is 0. The predicted molar refractivity (Wildman–Crippen MR) is 84.5 cm³/mol. The first-order chi connectivity index (χ1) is 11.1. The summed E-state index contributed by atoms with van der Waals surface area (Å²) in [5.41, 5.74) is 1.27. The van der Waals surface area contributed by atoms with Crippen molar-refractivity contribution in [3.63, 3.8) is 0 Å². The summed E-state index contributed by atoms with van der Waals surface area (Å²) in [4.78, 5) is 11.9. The lowest BCUT2D eigenvalue weighted by atomic mass is 10.1. The number of hydrogen-bond acceptors (Lipinski definition) is 5. The van der Waals surface area contributed by atoms with E-state index in [1.54, 1.807) is 6.07 Å². The minimum absolute atomic E-state index is 0.169. The molecule has 23 heavy (non-hydrogen) atoms. The standard InChI is InChI=1S/C18H15NO4/c19-12-15(10-14-6-7-16(20)17(21)11-14)18(22)23-9-8-13-4-2-1-3-5-13/h1-7,10-11,20-21H,8-9H2. The van der Waals surface area contributed by atoms with Crippen LogP contribution in [0, 0.1) is 11.3 Å². The van der Waals surface area contributed by atoms with E-state index in [0.717, 1.165) is 5.56 Å². The number of rotatable bonds is 5. The molecule has 0 amide bonds. The Hall–Kier alpha value is -3.26. The zero-order chi connectivity index (χ0) is 16.7. The van der Waals surface area contributed by atoms with Crippen LogP contribution in [0.3, 0.4) is 0 Å². The third-order valence-corrected chi connectivity index (χ3v) is 3.12. The molecule has 0 aliphatic carbocycles. The molecule has 0 saturated carbocycles. The second-order valence-electron chi connectivity index (χ2n) is 4.79. The Morgan fingerprint density at radius 3 is 2.52 bits per heavy atom. The smallest absolute Gasteiger partial charge is 0.348 e. The second kappa shape index (κ2) is 7.66. The molecule has 2 rings (SSSR count). The van der Waals surface area contributed by atoms with Gasteiger partial charge in [-0.1, -0.05) is 36.4 Å². The third-order valence-electron chi connectivity index (χ3n) is 3.12. The maximum Gasteiger partial charge on any atom is 0.348 e. The van der Waals surface area contributed by atoms with E-state index in [0.29, 0.717) is 12.0 Å². The number of carbonyl (C=O) groups excluding carboxylic acids is 1. The van der Waals surface area contributed by atoms with Crippen molar-refractivity contribution in [1.82, 2.24) is 0 Å². The molecule has 2 N–H and O–H groups in total. The van der Waals surface area contributed by atoms with Crippen molar-refractivity contribution < 1.29 is 19.7 Å². The number of ether oxygens (including phenoxy) is 1. The van der Waals surface area contributed by atoms with Gasteiger partial charge in [0.25, 0.3) is 0 Å². The molecule has 116 valence electrons. The number of nitriles is 1. The van der Waals surface area contributed by atoms with Crippen molar-refractivity contribution in [2.75, 3.05) is 6.61 Å². The van der Waals surface area contributed by atoms with Gasteiger partial charge in [0.2, 0.25) is 0 Å². The molecule has 0 aliphatic heterocycles. The van der Waals surface area contributed by atoms with E-state index < -0.39 is 5.97 Å². The average molecular weight is 309 g/mol. The maximum absolute atomic E-state index is 11.9. The number of phenolic OH excluding ortho intramolecular Hbond substituents is 2. The molecular weight excluding hydrogens is 294 g/mol. The van der Waals surface area contributed by atoms with E-state index in [-0.39, 0.29) is 23.7 Å². The largest absolute Gasteiger partial charge is 0.504 e. The predicted octanol–water partition coefficient (Wildman–Crippen LogP) is 2.79. The summed E-state index contributed by atoms with van der Waals surface area (Å²) in [7, 11) is 0. The van der Waals surface area contributed by atoms with Crippen LogP contribution in [0.5, 0.6) is 11.5 Å². The van der Waals surface area contributed by atoms with Crippen LogP contribution in [0.25, 0.3) is 6.08 Å². The average Bonchev–Trinajstić information content (AvgIpc) is 2.56. The number of hydrogen-bond donors (Lipinski definition) is 2. The van der Waals surface area contributed by atoms with Gasteiger partial charge in [-0.2, -0.15) is 5.26 Å². The van der Waals surface area contributed by atoms with Crippen LogP contribution in [-0.4, -0.2) is 22.8 Å². The summed E-state index contributed by atoms with van der Waals surface area (Å²) in [6.45, 7) is 0.169. The second-order valence-corrected chi connectivity index (χ2v) is 4.79. The fourth-order valence-electron chi connectivity index (χ4n) is 1.92. The van der Waals surface area contributed by atoms with E-state index in [1.807, 2.05) is 30.3 Å². The lowest BCUT2D eigenvalue weighted by Crippen LogP contribution is -2.09. The van der Waals surface area contributed by atoms with Crippen molar-refractivity contribution in [3.8, 4) is 17.6 Å². The van der Waals surface area contributed by atoms with Gasteiger partial charge in [-0.3, -0.25) is 0 Å². The van der Waals surface area contributed by atoms with Crippen LogP contribution in [0.2, 0.25) is 0 Å². The highest BCUT2D eigenvalue weighted by Crippen LogP contribution is 2.25. The molecule has 0 heterocycles. The molecule has 0 fully saturated rings. The quantitative estimate of drug-likeness (QED) is 0.383. The van der Waals surface area contributed by atoms with Gasteiger partial charge >= 0.3 is 5.97 Å². The van der Waals surface area contributed by atoms with Crippen LogP contribution >= 0.6 is 0 Å². The Kier molecular flexibility index (Phi) is 5.37. The van der Waals surface area contributed by atoms with E-state index >= 15 is 0 Å². The molecule has 2 aromatic carbocycles. The van der Waals surface area contributed by atoms with Gasteiger partial charge in [0.05, 0.1) is 6.61 Å². The number of nitrogens with zero attached hydrogens (tertiary/aromatic N) is 1. The monoisotopic (exact) mass is 309 g/mol. The maximum atomic E-state index is 11.9. The summed E-state index contributed by atoms with van der Waals surface area (Å²) in [6.07, 6.45) is 1.86. The van der Waals surface area contributed by atoms with E-state index in [9.17, 15) is 15.0 Å². The number of aromatic hydroxyl groups is 2. The summed E-state index contributed by atoms with van der Waals surface area (Å²) in [5.74, 6) is -1.32. The Morgan fingerprint density at radius 2 is 1.87 bits per heavy atom. The molecular formula is C18H15NO4. The third kappa shape index (κ3) is 4.61. The van der Waals surface area contributed by atoms with Gasteiger partial charge in [-0.05, 0) is 29.3 Å². The van der Waals surface area contributed by atoms with Gasteiger partial charge in [-0.25, -0.2) is 4.79 Å². The van der Waals surface area contributed by atoms with E-state index in [4.69, 9.17) is 10.00 Å². The van der Waals surface area contributed by atoms with Crippen LogP contribution in [-0.2, 0) is 16.0 Å². The van der Waals surface area contributed by atoms with Crippen molar-refractivity contribution in [2.24, 2.45) is 0 Å². The molecule has 2 aromatic rings. The van der Waals surface area contributed by atoms with Crippen LogP contribution < -0.4 is 0 Å². The number of esters is 1. The molecule has 0 aliphatic rings. The van der Waals surface area contributed by atoms with E-state index in [1.165, 1.54) is 24.3 Å². The Bertz CT molecular complexity index is 760. The van der Waals surface area contributed by atoms with Gasteiger partial charge in [0, 0.05) is 6.42 Å². The molecule has 5 heteroatoms. The van der Waals surface area contributed by atoms with Crippen molar-refractivity contribution in [1.29, 1.82) is 5.26 Å². The fourth-order valence-corrected chi connectivity index (χ4v) is 1.92. The summed E-state index contributed by atoms with van der Waals surface area (Å²) < 4.78 is 5.08. The fraction of sp³-hybridized carbons (Fsp3) is 0.111. The SMILES string of the molecule is N#CC(=Cc1ccc(O)c(O)c1)C(=O)OCCc1ccccc1. The van der Waals surface area contributed by atoms with Gasteiger partial charge in [0.15, 0.2) is 11.5 Å². The van der Waals surface area contributed by atoms with Crippen molar-refractivity contribution in [3.05, 3.63) is 65.2 Å². The number of carbonyl (C=O) groups is 1. The summed E-state index contributed by atoms with van der Waals surface area (Å²) in [6, 6.07) is 15.3. The topological polar surface area (TPSA) is 90.5 Å². The normalized spacial score (nSPS) is 10.8. The highest BCUT2D eigenvalue weighted by atomic mass is 16.5. The number of phenols is 2. The first-order valence-electron chi connectivity index (χ1n) is 6.95. The molecule has 0 unspecified atom stereocenters. The lowest BCUT2D eigenvalue weighted by molar-refractivity contribution is -0.138. The van der Waals surface area contributed by atoms with E-state index in [2.05, 4.69) is 0 Å². The zero-order valence-electron chi connectivity index (χ0n) is 12.3. The van der Waals surface area contributed by atoms with Crippen LogP contribution in [0.15, 0.2) is 54.1 Å². The Labute approximate surface area is 133 Å². The van der Waals surface area contributed by atoms with Gasteiger partial charge in [-0.15, -0.1) is 0 Å². The highest BCUT2D eigenvalue weighted by Gasteiger charge is 2.11. The molecule has 0 bridgehead atoms. The molecule has 0 atom stereocenters. The first-order valence-corrected chi connectivity index (χ1v) is 6.95. The minimum Gasteiger partial charge on any atom is -0.504 e. The van der Waals surface area contributed by atoms with Crippen LogP contribution in [0.1, 0.15) is 11.1 Å².